The maximum atomic E-state index is 13.1. The zero-order chi connectivity index (χ0) is 18.5. The molecule has 1 amide bonds. The molecule has 1 fully saturated rings. The van der Waals surface area contributed by atoms with E-state index in [4.69, 9.17) is 14.7 Å². The molecule has 1 atom stereocenters. The van der Waals surface area contributed by atoms with Crippen molar-refractivity contribution < 1.29 is 18.7 Å². The highest BCUT2D eigenvalue weighted by atomic mass is 19.1. The topological polar surface area (TPSA) is 62.6 Å². The Kier molecular flexibility index (Phi) is 5.37. The van der Waals surface area contributed by atoms with Crippen molar-refractivity contribution in [1.82, 2.24) is 4.90 Å². The minimum atomic E-state index is -0.291. The molecule has 6 heteroatoms. The van der Waals surface area contributed by atoms with E-state index in [9.17, 15) is 9.18 Å². The average molecular weight is 354 g/mol. The van der Waals surface area contributed by atoms with Crippen LogP contribution in [0.15, 0.2) is 42.5 Å². The van der Waals surface area contributed by atoms with Crippen LogP contribution in [0.5, 0.6) is 11.5 Å². The third-order valence-electron chi connectivity index (χ3n) is 4.47. The molecule has 5 nitrogen and oxygen atoms in total. The van der Waals surface area contributed by atoms with Crippen LogP contribution in [-0.4, -0.2) is 31.1 Å². The van der Waals surface area contributed by atoms with Crippen LogP contribution in [0, 0.1) is 17.1 Å². The van der Waals surface area contributed by atoms with E-state index in [0.717, 1.165) is 18.4 Å². The maximum Gasteiger partial charge on any atom is 0.261 e. The summed E-state index contributed by atoms with van der Waals surface area (Å²) in [5.74, 6) is 0.398. The number of likely N-dealkylation sites (tertiary alicyclic amines) is 1. The second-order valence-electron chi connectivity index (χ2n) is 6.06. The summed E-state index contributed by atoms with van der Waals surface area (Å²) >= 11 is 0. The number of nitriles is 1. The predicted octanol–water partition coefficient (Wildman–Crippen LogP) is 3.45. The standard InChI is InChI=1S/C20H19FN2O3/c1-25-19-11-14(12-22)4-9-18(19)26-13-20(24)23-10-2-3-17(23)15-5-7-16(21)8-6-15/h4-9,11,17H,2-3,10,13H2,1H3. The summed E-state index contributed by atoms with van der Waals surface area (Å²) in [6.45, 7) is 0.523. The quantitative estimate of drug-likeness (QED) is 0.825. The van der Waals surface area contributed by atoms with E-state index in [1.165, 1.54) is 19.2 Å². The number of carbonyl (C=O) groups is 1. The van der Waals surface area contributed by atoms with Crippen molar-refractivity contribution in [1.29, 1.82) is 5.26 Å². The molecule has 2 aromatic rings. The van der Waals surface area contributed by atoms with Gasteiger partial charge in [0.25, 0.3) is 5.91 Å². The van der Waals surface area contributed by atoms with Gasteiger partial charge in [0, 0.05) is 12.6 Å². The minimum Gasteiger partial charge on any atom is -0.493 e. The van der Waals surface area contributed by atoms with Crippen molar-refractivity contribution >= 4 is 5.91 Å². The van der Waals surface area contributed by atoms with Gasteiger partial charge in [0.15, 0.2) is 18.1 Å². The van der Waals surface area contributed by atoms with Gasteiger partial charge in [0.1, 0.15) is 5.82 Å². The van der Waals surface area contributed by atoms with Crippen LogP contribution in [-0.2, 0) is 4.79 Å². The van der Waals surface area contributed by atoms with E-state index in [-0.39, 0.29) is 24.4 Å². The molecule has 1 unspecified atom stereocenters. The van der Waals surface area contributed by atoms with Gasteiger partial charge in [-0.1, -0.05) is 12.1 Å². The SMILES string of the molecule is COc1cc(C#N)ccc1OCC(=O)N1CCCC1c1ccc(F)cc1. The first-order chi connectivity index (χ1) is 12.6. The molecular weight excluding hydrogens is 335 g/mol. The van der Waals surface area contributed by atoms with Gasteiger partial charge in [-0.3, -0.25) is 4.79 Å². The molecule has 1 aliphatic heterocycles. The number of halogens is 1. The number of hydrogen-bond acceptors (Lipinski definition) is 4. The van der Waals surface area contributed by atoms with Crippen LogP contribution in [0.25, 0.3) is 0 Å². The fraction of sp³-hybridized carbons (Fsp3) is 0.300. The van der Waals surface area contributed by atoms with Gasteiger partial charge in [0.05, 0.1) is 24.8 Å². The molecule has 26 heavy (non-hydrogen) atoms. The van der Waals surface area contributed by atoms with Gasteiger partial charge in [-0.05, 0) is 42.7 Å². The highest BCUT2D eigenvalue weighted by Crippen LogP contribution is 2.33. The van der Waals surface area contributed by atoms with E-state index in [1.54, 1.807) is 35.2 Å². The Bertz CT molecular complexity index is 830. The number of rotatable bonds is 5. The number of ether oxygens (including phenoxy) is 2. The summed E-state index contributed by atoms with van der Waals surface area (Å²) in [6.07, 6.45) is 1.74. The van der Waals surface area contributed by atoms with Gasteiger partial charge in [-0.15, -0.1) is 0 Å². The predicted molar refractivity (Wildman–Crippen MR) is 93.3 cm³/mol. The number of hydrogen-bond donors (Lipinski definition) is 0. The van der Waals surface area contributed by atoms with Crippen LogP contribution < -0.4 is 9.47 Å². The van der Waals surface area contributed by atoms with Crippen LogP contribution in [0.4, 0.5) is 4.39 Å². The summed E-state index contributed by atoms with van der Waals surface area (Å²) in [7, 11) is 1.48. The molecule has 1 aliphatic rings. The largest absolute Gasteiger partial charge is 0.493 e. The second kappa shape index (κ2) is 7.87. The lowest BCUT2D eigenvalue weighted by molar-refractivity contribution is -0.134. The Hall–Kier alpha value is -3.07. The fourth-order valence-electron chi connectivity index (χ4n) is 3.18. The number of benzene rings is 2. The smallest absolute Gasteiger partial charge is 0.261 e. The molecule has 1 heterocycles. The van der Waals surface area contributed by atoms with Crippen LogP contribution in [0.2, 0.25) is 0 Å². The Morgan fingerprint density at radius 2 is 2.04 bits per heavy atom. The lowest BCUT2D eigenvalue weighted by Gasteiger charge is -2.25. The summed E-state index contributed by atoms with van der Waals surface area (Å²) in [4.78, 5) is 14.4. The molecule has 0 N–H and O–H groups in total. The molecule has 0 spiro atoms. The molecule has 2 aromatic carbocycles. The molecule has 0 bridgehead atoms. The maximum absolute atomic E-state index is 13.1. The third kappa shape index (κ3) is 3.77. The Balaban J connectivity index is 1.68. The molecule has 0 radical (unpaired) electrons. The van der Waals surface area contributed by atoms with E-state index < -0.39 is 0 Å². The lowest BCUT2D eigenvalue weighted by Crippen LogP contribution is -2.34. The third-order valence-corrected chi connectivity index (χ3v) is 4.47. The van der Waals surface area contributed by atoms with Gasteiger partial charge in [0.2, 0.25) is 0 Å². The average Bonchev–Trinajstić information content (AvgIpc) is 3.16. The number of nitrogens with zero attached hydrogens (tertiary/aromatic N) is 2. The normalized spacial score (nSPS) is 16.2. The van der Waals surface area contributed by atoms with Gasteiger partial charge in [-0.25, -0.2) is 4.39 Å². The van der Waals surface area contributed by atoms with E-state index in [1.807, 2.05) is 6.07 Å². The second-order valence-corrected chi connectivity index (χ2v) is 6.06. The summed E-state index contributed by atoms with van der Waals surface area (Å²) in [6, 6.07) is 13.0. The van der Waals surface area contributed by atoms with Gasteiger partial charge < -0.3 is 14.4 Å². The number of methoxy groups -OCH3 is 1. The molecule has 0 aromatic heterocycles. The Morgan fingerprint density at radius 1 is 1.27 bits per heavy atom. The molecule has 0 saturated carbocycles. The molecular formula is C20H19FN2O3. The first-order valence-electron chi connectivity index (χ1n) is 8.38. The molecule has 3 rings (SSSR count). The van der Waals surface area contributed by atoms with Crippen molar-refractivity contribution in [3.8, 4) is 17.6 Å². The fourth-order valence-corrected chi connectivity index (χ4v) is 3.18. The van der Waals surface area contributed by atoms with Gasteiger partial charge >= 0.3 is 0 Å². The lowest BCUT2D eigenvalue weighted by atomic mass is 10.0. The number of carbonyl (C=O) groups excluding carboxylic acids is 1. The van der Waals surface area contributed by atoms with Crippen molar-refractivity contribution in [3.63, 3.8) is 0 Å². The van der Waals surface area contributed by atoms with Crippen molar-refractivity contribution in [2.45, 2.75) is 18.9 Å². The van der Waals surface area contributed by atoms with Gasteiger partial charge in [-0.2, -0.15) is 5.26 Å². The minimum absolute atomic E-state index is 0.0606. The summed E-state index contributed by atoms with van der Waals surface area (Å²) in [5, 5.41) is 8.93. The summed E-state index contributed by atoms with van der Waals surface area (Å²) in [5.41, 5.74) is 1.38. The zero-order valence-corrected chi connectivity index (χ0v) is 14.4. The Morgan fingerprint density at radius 3 is 2.73 bits per heavy atom. The van der Waals surface area contributed by atoms with E-state index in [2.05, 4.69) is 0 Å². The Labute approximate surface area is 151 Å². The first kappa shape index (κ1) is 17.7. The number of amides is 1. The van der Waals surface area contributed by atoms with Crippen LogP contribution >= 0.6 is 0 Å². The van der Waals surface area contributed by atoms with Crippen LogP contribution in [0.1, 0.15) is 30.0 Å². The van der Waals surface area contributed by atoms with E-state index >= 15 is 0 Å². The monoisotopic (exact) mass is 354 g/mol. The highest BCUT2D eigenvalue weighted by molar-refractivity contribution is 5.78. The zero-order valence-electron chi connectivity index (χ0n) is 14.4. The van der Waals surface area contributed by atoms with Crippen molar-refractivity contribution in [2.75, 3.05) is 20.3 Å². The molecule has 1 saturated heterocycles. The first-order valence-corrected chi connectivity index (χ1v) is 8.38. The van der Waals surface area contributed by atoms with Crippen LogP contribution in [0.3, 0.4) is 0 Å². The van der Waals surface area contributed by atoms with Crippen molar-refractivity contribution in [2.24, 2.45) is 0 Å². The van der Waals surface area contributed by atoms with Crippen molar-refractivity contribution in [3.05, 3.63) is 59.4 Å². The summed E-state index contributed by atoms with van der Waals surface area (Å²) < 4.78 is 24.0. The molecule has 134 valence electrons. The van der Waals surface area contributed by atoms with E-state index in [0.29, 0.717) is 23.6 Å². The highest BCUT2D eigenvalue weighted by Gasteiger charge is 2.30. The molecule has 0 aliphatic carbocycles.